The zero-order chi connectivity index (χ0) is 18.0. The van der Waals surface area contributed by atoms with Crippen LogP contribution in [0.4, 0.5) is 10.1 Å². The third-order valence-corrected chi connectivity index (χ3v) is 4.74. The van der Waals surface area contributed by atoms with E-state index >= 15 is 0 Å². The lowest BCUT2D eigenvalue weighted by Crippen LogP contribution is -2.40. The Morgan fingerprint density at radius 3 is 2.24 bits per heavy atom. The van der Waals surface area contributed by atoms with Crippen molar-refractivity contribution in [2.75, 3.05) is 5.32 Å². The van der Waals surface area contributed by atoms with Gasteiger partial charge in [-0.3, -0.25) is 9.59 Å². The van der Waals surface area contributed by atoms with Crippen molar-refractivity contribution in [1.29, 1.82) is 0 Å². The fraction of sp³-hybridized carbons (Fsp3) is 0.300. The van der Waals surface area contributed by atoms with Gasteiger partial charge < -0.3 is 10.6 Å². The van der Waals surface area contributed by atoms with Crippen molar-refractivity contribution >= 4 is 17.5 Å². The highest BCUT2D eigenvalue weighted by molar-refractivity contribution is 6.13. The third kappa shape index (κ3) is 3.40. The normalized spacial score (nSPS) is 14.7. The van der Waals surface area contributed by atoms with Crippen LogP contribution in [0.15, 0.2) is 42.5 Å². The number of para-hydroxylation sites is 1. The number of benzene rings is 2. The van der Waals surface area contributed by atoms with E-state index in [2.05, 4.69) is 10.6 Å². The summed E-state index contributed by atoms with van der Waals surface area (Å²) in [7, 11) is 0. The first-order valence-corrected chi connectivity index (χ1v) is 8.33. The maximum Gasteiger partial charge on any atom is 0.240 e. The molecule has 1 fully saturated rings. The van der Waals surface area contributed by atoms with Gasteiger partial charge in [0.25, 0.3) is 0 Å². The van der Waals surface area contributed by atoms with E-state index in [1.54, 1.807) is 18.2 Å². The Kier molecular flexibility index (Phi) is 4.57. The number of nitrogens with one attached hydrogen (secondary N) is 2. The fourth-order valence-electron chi connectivity index (χ4n) is 2.91. The van der Waals surface area contributed by atoms with E-state index in [-0.39, 0.29) is 24.2 Å². The first-order valence-electron chi connectivity index (χ1n) is 8.33. The van der Waals surface area contributed by atoms with Crippen LogP contribution >= 0.6 is 0 Å². The van der Waals surface area contributed by atoms with Crippen molar-refractivity contribution in [2.24, 2.45) is 5.41 Å². The second-order valence-electron chi connectivity index (χ2n) is 6.58. The number of aryl methyl sites for hydroxylation is 2. The van der Waals surface area contributed by atoms with Crippen LogP contribution in [0.25, 0.3) is 0 Å². The molecule has 130 valence electrons. The van der Waals surface area contributed by atoms with Gasteiger partial charge in [0.2, 0.25) is 11.8 Å². The standard InChI is InChI=1S/C20H21FN2O2/c1-13-6-5-7-14(2)17(13)23-19(25)20(10-11-20)18(24)22-12-15-8-3-4-9-16(15)21/h3-9H,10-12H2,1-2H3,(H,22,24)(H,23,25). The summed E-state index contributed by atoms with van der Waals surface area (Å²) >= 11 is 0. The molecule has 0 spiro atoms. The molecule has 0 aromatic heterocycles. The van der Waals surface area contributed by atoms with E-state index in [0.717, 1.165) is 16.8 Å². The number of carbonyl (C=O) groups excluding carboxylic acids is 2. The molecule has 0 atom stereocenters. The molecule has 3 rings (SSSR count). The maximum atomic E-state index is 13.7. The molecule has 2 N–H and O–H groups in total. The minimum atomic E-state index is -1.04. The second-order valence-corrected chi connectivity index (χ2v) is 6.58. The van der Waals surface area contributed by atoms with Gasteiger partial charge in [-0.15, -0.1) is 0 Å². The van der Waals surface area contributed by atoms with Crippen molar-refractivity contribution < 1.29 is 14.0 Å². The van der Waals surface area contributed by atoms with Crippen LogP contribution in [-0.2, 0) is 16.1 Å². The van der Waals surface area contributed by atoms with Gasteiger partial charge >= 0.3 is 0 Å². The van der Waals surface area contributed by atoms with Gasteiger partial charge in [0.05, 0.1) is 0 Å². The van der Waals surface area contributed by atoms with Crippen LogP contribution < -0.4 is 10.6 Å². The molecule has 0 bridgehead atoms. The molecule has 1 aliphatic rings. The van der Waals surface area contributed by atoms with E-state index < -0.39 is 5.41 Å². The largest absolute Gasteiger partial charge is 0.351 e. The number of hydrogen-bond donors (Lipinski definition) is 2. The molecule has 2 aromatic rings. The van der Waals surface area contributed by atoms with Crippen LogP contribution in [-0.4, -0.2) is 11.8 Å². The minimum Gasteiger partial charge on any atom is -0.351 e. The quantitative estimate of drug-likeness (QED) is 0.819. The van der Waals surface area contributed by atoms with E-state index in [1.165, 1.54) is 6.07 Å². The Labute approximate surface area is 146 Å². The van der Waals surface area contributed by atoms with Gasteiger partial charge in [-0.1, -0.05) is 36.4 Å². The molecule has 25 heavy (non-hydrogen) atoms. The molecule has 5 heteroatoms. The molecule has 1 saturated carbocycles. The van der Waals surface area contributed by atoms with E-state index in [0.29, 0.717) is 18.4 Å². The number of hydrogen-bond acceptors (Lipinski definition) is 2. The molecule has 0 aliphatic heterocycles. The zero-order valence-electron chi connectivity index (χ0n) is 14.4. The van der Waals surface area contributed by atoms with E-state index in [9.17, 15) is 14.0 Å². The van der Waals surface area contributed by atoms with Crippen molar-refractivity contribution in [2.45, 2.75) is 33.2 Å². The van der Waals surface area contributed by atoms with Crippen LogP contribution in [0.2, 0.25) is 0 Å². The topological polar surface area (TPSA) is 58.2 Å². The average molecular weight is 340 g/mol. The highest BCUT2D eigenvalue weighted by Crippen LogP contribution is 2.47. The number of anilines is 1. The highest BCUT2D eigenvalue weighted by atomic mass is 19.1. The van der Waals surface area contributed by atoms with Gasteiger partial charge in [0.1, 0.15) is 11.2 Å². The average Bonchev–Trinajstić information content (AvgIpc) is 3.39. The highest BCUT2D eigenvalue weighted by Gasteiger charge is 2.56. The second kappa shape index (κ2) is 6.67. The van der Waals surface area contributed by atoms with Crippen molar-refractivity contribution in [3.05, 3.63) is 65.0 Å². The minimum absolute atomic E-state index is 0.0733. The van der Waals surface area contributed by atoms with Crippen LogP contribution in [0, 0.1) is 25.1 Å². The molecule has 0 unspecified atom stereocenters. The molecular weight excluding hydrogens is 319 g/mol. The first-order chi connectivity index (χ1) is 11.9. The summed E-state index contributed by atoms with van der Waals surface area (Å²) < 4.78 is 13.7. The summed E-state index contributed by atoms with van der Waals surface area (Å²) in [6.07, 6.45) is 1.01. The lowest BCUT2D eigenvalue weighted by atomic mass is 10.0. The summed E-state index contributed by atoms with van der Waals surface area (Å²) in [6.45, 7) is 3.91. The number of halogens is 1. The summed E-state index contributed by atoms with van der Waals surface area (Å²) in [5, 5.41) is 5.60. The smallest absolute Gasteiger partial charge is 0.240 e. The zero-order valence-corrected chi connectivity index (χ0v) is 14.4. The Morgan fingerprint density at radius 1 is 1.00 bits per heavy atom. The number of rotatable bonds is 5. The molecule has 4 nitrogen and oxygen atoms in total. The molecule has 2 aromatic carbocycles. The number of carbonyl (C=O) groups is 2. The molecular formula is C20H21FN2O2. The summed E-state index contributed by atoms with van der Waals surface area (Å²) in [6, 6.07) is 12.0. The monoisotopic (exact) mass is 340 g/mol. The molecule has 0 saturated heterocycles. The Balaban J connectivity index is 1.68. The van der Waals surface area contributed by atoms with Gasteiger partial charge in [0, 0.05) is 17.8 Å². The SMILES string of the molecule is Cc1cccc(C)c1NC(=O)C1(C(=O)NCc2ccccc2F)CC1. The lowest BCUT2D eigenvalue weighted by Gasteiger charge is -2.18. The Morgan fingerprint density at radius 2 is 1.64 bits per heavy atom. The first kappa shape index (κ1) is 17.1. The fourth-order valence-corrected chi connectivity index (χ4v) is 2.91. The Hall–Kier alpha value is -2.69. The van der Waals surface area contributed by atoms with Crippen LogP contribution in [0.1, 0.15) is 29.5 Å². The summed E-state index contributed by atoms with van der Waals surface area (Å²) in [5.74, 6) is -1.01. The molecule has 0 heterocycles. The van der Waals surface area contributed by atoms with Crippen LogP contribution in [0.5, 0.6) is 0 Å². The summed E-state index contributed by atoms with van der Waals surface area (Å²) in [4.78, 5) is 25.2. The Bertz CT molecular complexity index is 808. The van der Waals surface area contributed by atoms with Crippen molar-refractivity contribution in [3.63, 3.8) is 0 Å². The number of amides is 2. The maximum absolute atomic E-state index is 13.7. The molecule has 2 amide bonds. The van der Waals surface area contributed by atoms with Crippen molar-refractivity contribution in [3.8, 4) is 0 Å². The van der Waals surface area contributed by atoms with Gasteiger partial charge in [-0.05, 0) is 43.9 Å². The van der Waals surface area contributed by atoms with Gasteiger partial charge in [-0.25, -0.2) is 4.39 Å². The third-order valence-electron chi connectivity index (χ3n) is 4.74. The molecule has 0 radical (unpaired) electrons. The van der Waals surface area contributed by atoms with Crippen LogP contribution in [0.3, 0.4) is 0 Å². The van der Waals surface area contributed by atoms with Gasteiger partial charge in [-0.2, -0.15) is 0 Å². The lowest BCUT2D eigenvalue weighted by molar-refractivity contribution is -0.134. The molecule has 1 aliphatic carbocycles. The van der Waals surface area contributed by atoms with Crippen molar-refractivity contribution in [1.82, 2.24) is 5.32 Å². The van der Waals surface area contributed by atoms with E-state index in [1.807, 2.05) is 32.0 Å². The van der Waals surface area contributed by atoms with E-state index in [4.69, 9.17) is 0 Å². The predicted octanol–water partition coefficient (Wildman–Crippen LogP) is 3.48. The van der Waals surface area contributed by atoms with Gasteiger partial charge in [0.15, 0.2) is 0 Å². The summed E-state index contributed by atoms with van der Waals surface area (Å²) in [5.41, 5.74) is 2.02. The predicted molar refractivity (Wildman–Crippen MR) is 94.5 cm³/mol.